The van der Waals surface area contributed by atoms with Crippen molar-refractivity contribution in [3.8, 4) is 0 Å². The molecular formula is C21H26ClNO. The van der Waals surface area contributed by atoms with E-state index in [1.54, 1.807) is 0 Å². The summed E-state index contributed by atoms with van der Waals surface area (Å²) in [6.45, 7) is 3.01. The Labute approximate surface area is 151 Å². The lowest BCUT2D eigenvalue weighted by molar-refractivity contribution is -0.896. The first-order valence-electron chi connectivity index (χ1n) is 8.78. The number of hydrogen-bond donors (Lipinski definition) is 1. The summed E-state index contributed by atoms with van der Waals surface area (Å²) in [7, 11) is 0. The number of quaternary nitrogens is 1. The topological polar surface area (TPSA) is 21.5 Å². The van der Waals surface area contributed by atoms with Crippen LogP contribution in [0, 0.1) is 0 Å². The number of halogens is 1. The van der Waals surface area contributed by atoms with Crippen molar-refractivity contribution < 1.29 is 22.1 Å². The maximum atomic E-state index is 12.6. The maximum absolute atomic E-state index is 12.6. The molecule has 3 heteroatoms. The molecule has 0 saturated carbocycles. The summed E-state index contributed by atoms with van der Waals surface area (Å²) in [6, 6.07) is 20.9. The van der Waals surface area contributed by atoms with Gasteiger partial charge in [-0.15, -0.1) is 0 Å². The molecule has 0 spiro atoms. The van der Waals surface area contributed by atoms with Crippen LogP contribution in [0.25, 0.3) is 0 Å². The van der Waals surface area contributed by atoms with E-state index >= 15 is 0 Å². The van der Waals surface area contributed by atoms with Gasteiger partial charge in [0.05, 0.1) is 13.1 Å². The minimum atomic E-state index is 0. The summed E-state index contributed by atoms with van der Waals surface area (Å²) in [5, 5.41) is 0. The summed E-state index contributed by atoms with van der Waals surface area (Å²) in [5.41, 5.74) is 2.47. The van der Waals surface area contributed by atoms with Gasteiger partial charge in [0.25, 0.3) is 0 Å². The van der Waals surface area contributed by atoms with Crippen LogP contribution in [-0.4, -0.2) is 25.4 Å². The molecule has 0 radical (unpaired) electrons. The second-order valence-corrected chi connectivity index (χ2v) is 6.60. The highest BCUT2D eigenvalue weighted by molar-refractivity contribution is 5.80. The van der Waals surface area contributed by atoms with E-state index in [0.29, 0.717) is 18.7 Å². The molecule has 0 bridgehead atoms. The molecule has 128 valence electrons. The van der Waals surface area contributed by atoms with Crippen molar-refractivity contribution in [3.05, 3.63) is 71.8 Å². The van der Waals surface area contributed by atoms with E-state index in [0.717, 1.165) is 13.1 Å². The monoisotopic (exact) mass is 343 g/mol. The van der Waals surface area contributed by atoms with Gasteiger partial charge < -0.3 is 17.3 Å². The van der Waals surface area contributed by atoms with Crippen LogP contribution in [0.2, 0.25) is 0 Å². The first-order chi connectivity index (χ1) is 11.3. The number of likely N-dealkylation sites (tertiary alicyclic amines) is 1. The Balaban J connectivity index is 0.00000208. The molecule has 2 aromatic carbocycles. The summed E-state index contributed by atoms with van der Waals surface area (Å²) in [5.74, 6) is 0.564. The van der Waals surface area contributed by atoms with E-state index in [-0.39, 0.29) is 18.3 Å². The molecule has 2 aromatic rings. The minimum Gasteiger partial charge on any atom is -1.00 e. The molecule has 0 atom stereocenters. The van der Waals surface area contributed by atoms with Crippen molar-refractivity contribution >= 4 is 5.78 Å². The lowest BCUT2D eigenvalue weighted by atomic mass is 9.87. The smallest absolute Gasteiger partial charge is 0.187 e. The first-order valence-corrected chi connectivity index (χ1v) is 8.78. The molecule has 1 aliphatic heterocycles. The molecule has 0 amide bonds. The van der Waals surface area contributed by atoms with E-state index in [1.165, 1.54) is 35.3 Å². The summed E-state index contributed by atoms with van der Waals surface area (Å²) < 4.78 is 0. The molecule has 0 aromatic heterocycles. The molecule has 1 heterocycles. The molecule has 24 heavy (non-hydrogen) atoms. The zero-order valence-corrected chi connectivity index (χ0v) is 14.8. The fraction of sp³-hybridized carbons (Fsp3) is 0.381. The van der Waals surface area contributed by atoms with Crippen LogP contribution in [0.5, 0.6) is 0 Å². The van der Waals surface area contributed by atoms with E-state index in [2.05, 4.69) is 48.5 Å². The van der Waals surface area contributed by atoms with Gasteiger partial charge in [0.15, 0.2) is 5.78 Å². The highest BCUT2D eigenvalue weighted by Gasteiger charge is 2.22. The first kappa shape index (κ1) is 18.7. The van der Waals surface area contributed by atoms with Crippen LogP contribution in [0.15, 0.2) is 60.7 Å². The number of ketones is 1. The Kier molecular flexibility index (Phi) is 7.48. The molecule has 1 N–H and O–H groups in total. The number of Topliss-reactive ketones (excluding diaryl/α,β-unsaturated/α-hetero) is 1. The van der Waals surface area contributed by atoms with Gasteiger partial charge in [-0.25, -0.2) is 0 Å². The van der Waals surface area contributed by atoms with Crippen LogP contribution in [0.1, 0.15) is 42.7 Å². The van der Waals surface area contributed by atoms with Crippen LogP contribution in [0.4, 0.5) is 0 Å². The maximum Gasteiger partial charge on any atom is 0.187 e. The number of benzene rings is 2. The minimum absolute atomic E-state index is 0. The standard InChI is InChI=1S/C21H25NO.ClH/c23-20(17-22-14-8-3-9-15-22)16-21(18-10-4-1-5-11-18)19-12-6-2-7-13-19;/h1-2,4-7,10-13,21H,3,8-9,14-17H2;1H. The predicted molar refractivity (Wildman–Crippen MR) is 93.8 cm³/mol. The molecule has 1 saturated heterocycles. The Morgan fingerprint density at radius 2 is 1.33 bits per heavy atom. The van der Waals surface area contributed by atoms with E-state index in [4.69, 9.17) is 0 Å². The molecule has 1 fully saturated rings. The Hall–Kier alpha value is -1.64. The van der Waals surface area contributed by atoms with Crippen molar-refractivity contribution in [2.75, 3.05) is 19.6 Å². The Morgan fingerprint density at radius 1 is 0.833 bits per heavy atom. The molecule has 2 nitrogen and oxygen atoms in total. The van der Waals surface area contributed by atoms with Crippen molar-refractivity contribution in [2.24, 2.45) is 0 Å². The Bertz CT molecular complexity index is 569. The van der Waals surface area contributed by atoms with Crippen molar-refractivity contribution in [1.82, 2.24) is 0 Å². The summed E-state index contributed by atoms with van der Waals surface area (Å²) in [6.07, 6.45) is 4.47. The van der Waals surface area contributed by atoms with E-state index < -0.39 is 0 Å². The SMILES string of the molecule is O=C(CC(c1ccccc1)c1ccccc1)C[NH+]1CCCCC1.[Cl-]. The van der Waals surface area contributed by atoms with Gasteiger partial charge in [-0.3, -0.25) is 4.79 Å². The van der Waals surface area contributed by atoms with Crippen molar-refractivity contribution in [2.45, 2.75) is 31.6 Å². The van der Waals surface area contributed by atoms with Gasteiger partial charge in [-0.05, 0) is 30.4 Å². The third-order valence-electron chi connectivity index (χ3n) is 4.84. The summed E-state index contributed by atoms with van der Waals surface area (Å²) in [4.78, 5) is 14.1. The lowest BCUT2D eigenvalue weighted by Crippen LogP contribution is -3.13. The average Bonchev–Trinajstić information content (AvgIpc) is 2.62. The van der Waals surface area contributed by atoms with Crippen LogP contribution < -0.4 is 17.3 Å². The van der Waals surface area contributed by atoms with Crippen molar-refractivity contribution in [3.63, 3.8) is 0 Å². The molecule has 3 rings (SSSR count). The number of nitrogens with one attached hydrogen (secondary N) is 1. The van der Waals surface area contributed by atoms with Gasteiger partial charge >= 0.3 is 0 Å². The Morgan fingerprint density at radius 3 is 1.83 bits per heavy atom. The molecule has 1 aliphatic rings. The highest BCUT2D eigenvalue weighted by Crippen LogP contribution is 2.27. The largest absolute Gasteiger partial charge is 1.00 e. The van der Waals surface area contributed by atoms with Crippen LogP contribution >= 0.6 is 0 Å². The van der Waals surface area contributed by atoms with Gasteiger partial charge in [-0.1, -0.05) is 60.7 Å². The van der Waals surface area contributed by atoms with Gasteiger partial charge in [0.1, 0.15) is 6.54 Å². The van der Waals surface area contributed by atoms with Gasteiger partial charge in [-0.2, -0.15) is 0 Å². The quantitative estimate of drug-likeness (QED) is 0.774. The van der Waals surface area contributed by atoms with Crippen LogP contribution in [-0.2, 0) is 4.79 Å². The zero-order chi connectivity index (χ0) is 15.9. The molecular weight excluding hydrogens is 318 g/mol. The lowest BCUT2D eigenvalue weighted by Gasteiger charge is -2.24. The van der Waals surface area contributed by atoms with Crippen molar-refractivity contribution in [1.29, 1.82) is 0 Å². The number of piperidine rings is 1. The van der Waals surface area contributed by atoms with E-state index in [9.17, 15) is 4.79 Å². The highest BCUT2D eigenvalue weighted by atomic mass is 35.5. The number of carbonyl (C=O) groups excluding carboxylic acids is 1. The second kappa shape index (κ2) is 9.61. The van der Waals surface area contributed by atoms with E-state index in [1.807, 2.05) is 12.1 Å². The zero-order valence-electron chi connectivity index (χ0n) is 14.1. The fourth-order valence-electron chi connectivity index (χ4n) is 3.61. The predicted octanol–water partition coefficient (Wildman–Crippen LogP) is -0.149. The number of carbonyl (C=O) groups is 1. The van der Waals surface area contributed by atoms with Gasteiger partial charge in [0, 0.05) is 12.3 Å². The third-order valence-corrected chi connectivity index (χ3v) is 4.84. The second-order valence-electron chi connectivity index (χ2n) is 6.60. The molecule has 0 aliphatic carbocycles. The fourth-order valence-corrected chi connectivity index (χ4v) is 3.61. The molecule has 0 unspecified atom stereocenters. The number of hydrogen-bond acceptors (Lipinski definition) is 1. The van der Waals surface area contributed by atoms with Crippen LogP contribution in [0.3, 0.4) is 0 Å². The third kappa shape index (κ3) is 5.19. The summed E-state index contributed by atoms with van der Waals surface area (Å²) >= 11 is 0. The number of rotatable bonds is 6. The average molecular weight is 344 g/mol. The normalized spacial score (nSPS) is 15.0. The van der Waals surface area contributed by atoms with Gasteiger partial charge in [0.2, 0.25) is 0 Å².